The van der Waals surface area contributed by atoms with Gasteiger partial charge in [-0.05, 0) is 32.9 Å². The Hall–Kier alpha value is -0.910. The number of hydrogen-bond donors (Lipinski definition) is 1. The number of nitrogens with one attached hydrogen (secondary N) is 1. The lowest BCUT2D eigenvalue weighted by Crippen LogP contribution is -2.49. The summed E-state index contributed by atoms with van der Waals surface area (Å²) in [6.07, 6.45) is 6.46. The Bertz CT molecular complexity index is 405. The van der Waals surface area contributed by atoms with Crippen molar-refractivity contribution < 1.29 is 4.74 Å². The minimum atomic E-state index is 0.180. The van der Waals surface area contributed by atoms with Crippen molar-refractivity contribution in [3.8, 4) is 0 Å². The summed E-state index contributed by atoms with van der Waals surface area (Å²) in [7, 11) is 0. The van der Waals surface area contributed by atoms with Crippen molar-refractivity contribution >= 4 is 0 Å². The average molecular weight is 294 g/mol. The summed E-state index contributed by atoms with van der Waals surface area (Å²) in [5, 5.41) is 3.64. The maximum atomic E-state index is 6.08. The topological polar surface area (TPSA) is 42.3 Å². The van der Waals surface area contributed by atoms with E-state index >= 15 is 0 Å². The zero-order valence-electron chi connectivity index (χ0n) is 13.7. The molecule has 1 aliphatic heterocycles. The highest BCUT2D eigenvalue weighted by Gasteiger charge is 2.31. The van der Waals surface area contributed by atoms with E-state index in [-0.39, 0.29) is 12.1 Å². The van der Waals surface area contributed by atoms with Crippen LogP contribution in [0.15, 0.2) is 12.4 Å². The SMILES string of the molecule is CCCNC(c1nccn1CC)C1CN(CCC)CCO1. The number of morpholine rings is 1. The minimum Gasteiger partial charge on any atom is -0.373 e. The van der Waals surface area contributed by atoms with E-state index in [4.69, 9.17) is 4.74 Å². The van der Waals surface area contributed by atoms with Gasteiger partial charge in [0.25, 0.3) is 0 Å². The van der Waals surface area contributed by atoms with Crippen molar-refractivity contribution in [1.82, 2.24) is 19.8 Å². The summed E-state index contributed by atoms with van der Waals surface area (Å²) in [6.45, 7) is 12.6. The molecule has 1 aromatic rings. The van der Waals surface area contributed by atoms with Gasteiger partial charge in [0.2, 0.25) is 0 Å². The molecule has 0 bridgehead atoms. The lowest BCUT2D eigenvalue weighted by atomic mass is 10.1. The Morgan fingerprint density at radius 1 is 1.38 bits per heavy atom. The van der Waals surface area contributed by atoms with Crippen molar-refractivity contribution in [3.63, 3.8) is 0 Å². The highest BCUT2D eigenvalue weighted by molar-refractivity contribution is 5.03. The van der Waals surface area contributed by atoms with Crippen LogP contribution in [0.5, 0.6) is 0 Å². The third-order valence-corrected chi connectivity index (χ3v) is 4.07. The van der Waals surface area contributed by atoms with Crippen LogP contribution in [-0.2, 0) is 11.3 Å². The fourth-order valence-electron chi connectivity index (χ4n) is 3.01. The van der Waals surface area contributed by atoms with Crippen molar-refractivity contribution in [2.24, 2.45) is 0 Å². The number of aryl methyl sites for hydroxylation is 1. The van der Waals surface area contributed by atoms with Gasteiger partial charge in [-0.25, -0.2) is 4.98 Å². The van der Waals surface area contributed by atoms with E-state index in [1.54, 1.807) is 0 Å². The molecule has 21 heavy (non-hydrogen) atoms. The molecule has 2 rings (SSSR count). The Kier molecular flexibility index (Phi) is 6.67. The molecule has 2 atom stereocenters. The highest BCUT2D eigenvalue weighted by atomic mass is 16.5. The average Bonchev–Trinajstić information content (AvgIpc) is 2.97. The number of imidazole rings is 1. The van der Waals surface area contributed by atoms with Crippen LogP contribution in [0, 0.1) is 0 Å². The summed E-state index contributed by atoms with van der Waals surface area (Å²) in [5.74, 6) is 1.11. The van der Waals surface area contributed by atoms with Gasteiger partial charge in [-0.15, -0.1) is 0 Å². The molecule has 2 heterocycles. The Morgan fingerprint density at radius 2 is 2.24 bits per heavy atom. The first-order chi connectivity index (χ1) is 10.3. The first-order valence-electron chi connectivity index (χ1n) is 8.38. The summed E-state index contributed by atoms with van der Waals surface area (Å²) in [6, 6.07) is 0.180. The Morgan fingerprint density at radius 3 is 2.95 bits per heavy atom. The molecule has 5 nitrogen and oxygen atoms in total. The van der Waals surface area contributed by atoms with Gasteiger partial charge in [0.1, 0.15) is 5.82 Å². The number of rotatable bonds is 8. The van der Waals surface area contributed by atoms with Gasteiger partial charge in [-0.1, -0.05) is 13.8 Å². The van der Waals surface area contributed by atoms with Gasteiger partial charge in [-0.2, -0.15) is 0 Å². The minimum absolute atomic E-state index is 0.180. The van der Waals surface area contributed by atoms with Crippen LogP contribution in [0.1, 0.15) is 45.5 Å². The van der Waals surface area contributed by atoms with E-state index in [9.17, 15) is 0 Å². The van der Waals surface area contributed by atoms with Crippen LogP contribution in [-0.4, -0.2) is 53.3 Å². The maximum Gasteiger partial charge on any atom is 0.128 e. The van der Waals surface area contributed by atoms with Crippen LogP contribution >= 0.6 is 0 Å². The molecular weight excluding hydrogens is 264 g/mol. The molecule has 0 amide bonds. The summed E-state index contributed by atoms with van der Waals surface area (Å²) >= 11 is 0. The molecule has 1 aromatic heterocycles. The van der Waals surface area contributed by atoms with Crippen LogP contribution in [0.2, 0.25) is 0 Å². The molecule has 1 saturated heterocycles. The quantitative estimate of drug-likeness (QED) is 0.797. The van der Waals surface area contributed by atoms with E-state index < -0.39 is 0 Å². The van der Waals surface area contributed by atoms with E-state index in [1.807, 2.05) is 6.20 Å². The predicted octanol–water partition coefficient (Wildman–Crippen LogP) is 2.05. The van der Waals surface area contributed by atoms with E-state index in [2.05, 4.69) is 46.7 Å². The Balaban J connectivity index is 2.11. The van der Waals surface area contributed by atoms with Crippen molar-refractivity contribution in [3.05, 3.63) is 18.2 Å². The first-order valence-corrected chi connectivity index (χ1v) is 8.38. The number of hydrogen-bond acceptors (Lipinski definition) is 4. The number of ether oxygens (including phenoxy) is 1. The maximum absolute atomic E-state index is 6.08. The molecule has 0 aromatic carbocycles. The second kappa shape index (κ2) is 8.51. The van der Waals surface area contributed by atoms with Crippen LogP contribution in [0.4, 0.5) is 0 Å². The monoisotopic (exact) mass is 294 g/mol. The highest BCUT2D eigenvalue weighted by Crippen LogP contribution is 2.22. The number of aromatic nitrogens is 2. The zero-order valence-corrected chi connectivity index (χ0v) is 13.7. The molecule has 2 unspecified atom stereocenters. The van der Waals surface area contributed by atoms with Crippen molar-refractivity contribution in [1.29, 1.82) is 0 Å². The lowest BCUT2D eigenvalue weighted by Gasteiger charge is -2.37. The fourth-order valence-corrected chi connectivity index (χ4v) is 3.01. The van der Waals surface area contributed by atoms with Gasteiger partial charge in [0, 0.05) is 32.0 Å². The molecule has 0 aliphatic carbocycles. The molecular formula is C16H30N4O. The molecule has 1 N–H and O–H groups in total. The summed E-state index contributed by atoms with van der Waals surface area (Å²) < 4.78 is 8.30. The summed E-state index contributed by atoms with van der Waals surface area (Å²) in [5.41, 5.74) is 0. The van der Waals surface area contributed by atoms with Gasteiger partial charge in [0.15, 0.2) is 0 Å². The molecule has 0 spiro atoms. The molecule has 120 valence electrons. The summed E-state index contributed by atoms with van der Waals surface area (Å²) in [4.78, 5) is 7.10. The smallest absolute Gasteiger partial charge is 0.128 e. The van der Waals surface area contributed by atoms with E-state index in [0.29, 0.717) is 0 Å². The molecule has 5 heteroatoms. The molecule has 0 saturated carbocycles. The third kappa shape index (κ3) is 4.28. The van der Waals surface area contributed by atoms with Crippen LogP contribution in [0.3, 0.4) is 0 Å². The van der Waals surface area contributed by atoms with Gasteiger partial charge >= 0.3 is 0 Å². The van der Waals surface area contributed by atoms with Crippen molar-refractivity contribution in [2.75, 3.05) is 32.8 Å². The molecule has 0 radical (unpaired) electrons. The second-order valence-corrected chi connectivity index (χ2v) is 5.71. The van der Waals surface area contributed by atoms with E-state index in [1.165, 1.54) is 6.42 Å². The molecule has 1 aliphatic rings. The van der Waals surface area contributed by atoms with Gasteiger partial charge < -0.3 is 14.6 Å². The standard InChI is InChI=1S/C16H30N4O/c1-4-7-17-15(16-18-8-10-20(16)6-3)14-13-19(9-5-2)11-12-21-14/h8,10,14-15,17H,4-7,9,11-13H2,1-3H3. The second-order valence-electron chi connectivity index (χ2n) is 5.71. The third-order valence-electron chi connectivity index (χ3n) is 4.07. The largest absolute Gasteiger partial charge is 0.373 e. The number of nitrogens with zero attached hydrogens (tertiary/aromatic N) is 3. The van der Waals surface area contributed by atoms with Gasteiger partial charge in [-0.3, -0.25) is 4.90 Å². The Labute approximate surface area is 128 Å². The molecule has 1 fully saturated rings. The van der Waals surface area contributed by atoms with Crippen LogP contribution in [0.25, 0.3) is 0 Å². The fraction of sp³-hybridized carbons (Fsp3) is 0.812. The predicted molar refractivity (Wildman–Crippen MR) is 85.4 cm³/mol. The first kappa shape index (κ1) is 16.5. The van der Waals surface area contributed by atoms with Crippen LogP contribution < -0.4 is 5.32 Å². The lowest BCUT2D eigenvalue weighted by molar-refractivity contribution is -0.0489. The van der Waals surface area contributed by atoms with Crippen molar-refractivity contribution in [2.45, 2.75) is 52.3 Å². The normalized spacial score (nSPS) is 21.6. The van der Waals surface area contributed by atoms with E-state index in [0.717, 1.165) is 51.6 Å². The van der Waals surface area contributed by atoms with Gasteiger partial charge in [0.05, 0.1) is 18.8 Å². The zero-order chi connectivity index (χ0) is 15.1.